The summed E-state index contributed by atoms with van der Waals surface area (Å²) in [6, 6.07) is 20.1. The highest BCUT2D eigenvalue weighted by Crippen LogP contribution is 2.27. The number of fused-ring (bicyclic) bond motifs is 1. The van der Waals surface area contributed by atoms with Gasteiger partial charge < -0.3 is 10.2 Å². The molecule has 2 aromatic carbocycles. The van der Waals surface area contributed by atoms with E-state index in [1.165, 1.54) is 5.56 Å². The number of halogens is 1. The molecule has 0 saturated carbocycles. The number of hydrogen-bond acceptors (Lipinski definition) is 4. The molecular formula is C27H28ClN5O. The number of nitrogens with zero attached hydrogens (tertiary/aromatic N) is 4. The minimum absolute atomic E-state index is 0.00194. The van der Waals surface area contributed by atoms with Gasteiger partial charge in [0.25, 0.3) is 0 Å². The molecule has 0 atom stereocenters. The summed E-state index contributed by atoms with van der Waals surface area (Å²) in [7, 11) is 0. The predicted octanol–water partition coefficient (Wildman–Crippen LogP) is 5.20. The van der Waals surface area contributed by atoms with E-state index in [0.29, 0.717) is 11.6 Å². The fourth-order valence-electron chi connectivity index (χ4n) is 4.51. The van der Waals surface area contributed by atoms with Crippen molar-refractivity contribution in [2.45, 2.75) is 33.2 Å². The monoisotopic (exact) mass is 473 g/mol. The molecule has 0 radical (unpaired) electrons. The van der Waals surface area contributed by atoms with E-state index >= 15 is 0 Å². The van der Waals surface area contributed by atoms with Crippen LogP contribution in [0.3, 0.4) is 0 Å². The first-order chi connectivity index (χ1) is 16.5. The summed E-state index contributed by atoms with van der Waals surface area (Å²) in [6.07, 6.45) is 1.59. The molecule has 5 rings (SSSR count). The number of nitrogens with one attached hydrogen (secondary N) is 1. The number of aryl methyl sites for hydroxylation is 2. The smallest absolute Gasteiger partial charge is 0.223 e. The average molecular weight is 474 g/mol. The molecule has 6 nitrogen and oxygen atoms in total. The van der Waals surface area contributed by atoms with Crippen molar-refractivity contribution in [2.75, 3.05) is 18.0 Å². The summed E-state index contributed by atoms with van der Waals surface area (Å²) < 4.78 is 1.93. The highest BCUT2D eigenvalue weighted by Gasteiger charge is 2.26. The lowest BCUT2D eigenvalue weighted by Gasteiger charge is -2.33. The highest BCUT2D eigenvalue weighted by atomic mass is 35.5. The second-order valence-electron chi connectivity index (χ2n) is 8.99. The van der Waals surface area contributed by atoms with E-state index in [-0.39, 0.29) is 11.8 Å². The molecule has 7 heteroatoms. The van der Waals surface area contributed by atoms with Gasteiger partial charge in [0, 0.05) is 54.0 Å². The van der Waals surface area contributed by atoms with Crippen LogP contribution < -0.4 is 10.2 Å². The van der Waals surface area contributed by atoms with Crippen molar-refractivity contribution in [2.24, 2.45) is 5.92 Å². The zero-order valence-corrected chi connectivity index (χ0v) is 20.2. The van der Waals surface area contributed by atoms with Crippen molar-refractivity contribution in [3.63, 3.8) is 0 Å². The second-order valence-corrected chi connectivity index (χ2v) is 9.40. The van der Waals surface area contributed by atoms with Crippen LogP contribution in [0.5, 0.6) is 0 Å². The molecule has 1 amide bonds. The molecule has 1 aliphatic heterocycles. The molecule has 4 aromatic rings. The molecule has 34 heavy (non-hydrogen) atoms. The molecule has 1 saturated heterocycles. The Hall–Kier alpha value is -3.38. The van der Waals surface area contributed by atoms with E-state index < -0.39 is 0 Å². The van der Waals surface area contributed by atoms with Crippen LogP contribution >= 0.6 is 11.6 Å². The van der Waals surface area contributed by atoms with Gasteiger partial charge in [-0.1, -0.05) is 59.6 Å². The SMILES string of the molecule is Cc1ccc(-c2cc3nc(C)cc(N4CCC(C(=O)NCc5ccccc5Cl)CC4)n3n2)cc1. The molecule has 0 bridgehead atoms. The first-order valence-electron chi connectivity index (χ1n) is 11.7. The Balaban J connectivity index is 1.29. The molecule has 174 valence electrons. The summed E-state index contributed by atoms with van der Waals surface area (Å²) in [6.45, 7) is 6.14. The number of benzene rings is 2. The number of amides is 1. The maximum atomic E-state index is 12.8. The third-order valence-electron chi connectivity index (χ3n) is 6.48. The van der Waals surface area contributed by atoms with Crippen LogP contribution in [0.15, 0.2) is 60.7 Å². The van der Waals surface area contributed by atoms with Crippen LogP contribution in [0.4, 0.5) is 5.82 Å². The van der Waals surface area contributed by atoms with Crippen LogP contribution in [0.1, 0.15) is 29.7 Å². The van der Waals surface area contributed by atoms with E-state index in [1.54, 1.807) is 0 Å². The lowest BCUT2D eigenvalue weighted by Crippen LogP contribution is -2.41. The number of hydrogen-bond donors (Lipinski definition) is 1. The Kier molecular flexibility index (Phi) is 6.24. The normalized spacial score (nSPS) is 14.5. The predicted molar refractivity (Wildman–Crippen MR) is 136 cm³/mol. The molecule has 0 aliphatic carbocycles. The van der Waals surface area contributed by atoms with E-state index in [0.717, 1.165) is 59.9 Å². The van der Waals surface area contributed by atoms with Gasteiger partial charge in [-0.25, -0.2) is 4.98 Å². The fraction of sp³-hybridized carbons (Fsp3) is 0.296. The van der Waals surface area contributed by atoms with Crippen molar-refractivity contribution < 1.29 is 4.79 Å². The van der Waals surface area contributed by atoms with E-state index in [1.807, 2.05) is 41.8 Å². The fourth-order valence-corrected chi connectivity index (χ4v) is 4.71. The summed E-state index contributed by atoms with van der Waals surface area (Å²) in [5.74, 6) is 1.12. The van der Waals surface area contributed by atoms with E-state index in [9.17, 15) is 4.79 Å². The quantitative estimate of drug-likeness (QED) is 0.432. The minimum Gasteiger partial charge on any atom is -0.356 e. The van der Waals surface area contributed by atoms with Gasteiger partial charge in [0.2, 0.25) is 5.91 Å². The molecule has 0 spiro atoms. The largest absolute Gasteiger partial charge is 0.356 e. The Morgan fingerprint density at radius 1 is 1.06 bits per heavy atom. The van der Waals surface area contributed by atoms with Gasteiger partial charge in [0.1, 0.15) is 5.82 Å². The molecule has 1 fully saturated rings. The Bertz CT molecular complexity index is 1320. The van der Waals surface area contributed by atoms with Crippen molar-refractivity contribution in [1.29, 1.82) is 0 Å². The summed E-state index contributed by atoms with van der Waals surface area (Å²) in [5.41, 5.74) is 5.94. The van der Waals surface area contributed by atoms with Crippen LogP contribution in [0, 0.1) is 19.8 Å². The third kappa shape index (κ3) is 4.64. The third-order valence-corrected chi connectivity index (χ3v) is 6.85. The zero-order chi connectivity index (χ0) is 23.7. The number of anilines is 1. The maximum absolute atomic E-state index is 12.8. The van der Waals surface area contributed by atoms with Crippen LogP contribution in [0.25, 0.3) is 16.9 Å². The Morgan fingerprint density at radius 3 is 2.53 bits per heavy atom. The summed E-state index contributed by atoms with van der Waals surface area (Å²) in [4.78, 5) is 19.8. The molecule has 2 aromatic heterocycles. The van der Waals surface area contributed by atoms with Crippen molar-refractivity contribution in [3.8, 4) is 11.3 Å². The van der Waals surface area contributed by atoms with E-state index in [4.69, 9.17) is 21.7 Å². The lowest BCUT2D eigenvalue weighted by atomic mass is 9.95. The minimum atomic E-state index is -0.00194. The number of aromatic nitrogens is 3. The maximum Gasteiger partial charge on any atom is 0.223 e. The first kappa shape index (κ1) is 22.4. The number of carbonyl (C=O) groups excluding carboxylic acids is 1. The second kappa shape index (κ2) is 9.47. The molecular weight excluding hydrogens is 446 g/mol. The van der Waals surface area contributed by atoms with E-state index in [2.05, 4.69) is 47.5 Å². The lowest BCUT2D eigenvalue weighted by molar-refractivity contribution is -0.125. The van der Waals surface area contributed by atoms with Gasteiger partial charge >= 0.3 is 0 Å². The molecule has 0 unspecified atom stereocenters. The zero-order valence-electron chi connectivity index (χ0n) is 19.5. The highest BCUT2D eigenvalue weighted by molar-refractivity contribution is 6.31. The first-order valence-corrected chi connectivity index (χ1v) is 12.1. The Labute approximate surface area is 204 Å². The van der Waals surface area contributed by atoms with Crippen molar-refractivity contribution in [1.82, 2.24) is 19.9 Å². The summed E-state index contributed by atoms with van der Waals surface area (Å²) >= 11 is 6.22. The number of piperidine rings is 1. The van der Waals surface area contributed by atoms with Crippen molar-refractivity contribution in [3.05, 3.63) is 82.5 Å². The number of carbonyl (C=O) groups is 1. The topological polar surface area (TPSA) is 62.5 Å². The van der Waals surface area contributed by atoms with Crippen LogP contribution in [0.2, 0.25) is 5.02 Å². The van der Waals surface area contributed by atoms with Gasteiger partial charge in [-0.15, -0.1) is 0 Å². The van der Waals surface area contributed by atoms with Gasteiger partial charge in [-0.2, -0.15) is 9.61 Å². The molecule has 1 N–H and O–H groups in total. The van der Waals surface area contributed by atoms with Crippen LogP contribution in [-0.4, -0.2) is 33.6 Å². The van der Waals surface area contributed by atoms with Crippen LogP contribution in [-0.2, 0) is 11.3 Å². The standard InChI is InChI=1S/C27H28ClN5O/c1-18-7-9-20(10-8-18)24-16-25-30-19(2)15-26(33(25)31-24)32-13-11-21(12-14-32)27(34)29-17-22-5-3-4-6-23(22)28/h3-10,15-16,21H,11-14,17H2,1-2H3,(H,29,34). The summed E-state index contributed by atoms with van der Waals surface area (Å²) in [5, 5.41) is 8.61. The van der Waals surface area contributed by atoms with Crippen molar-refractivity contribution >= 4 is 29.0 Å². The molecule has 1 aliphatic rings. The molecule has 3 heterocycles. The number of rotatable bonds is 5. The van der Waals surface area contributed by atoms with Gasteiger partial charge in [-0.3, -0.25) is 4.79 Å². The Morgan fingerprint density at radius 2 is 1.79 bits per heavy atom. The van der Waals surface area contributed by atoms with Gasteiger partial charge in [0.15, 0.2) is 5.65 Å². The van der Waals surface area contributed by atoms with Gasteiger partial charge in [-0.05, 0) is 38.3 Å². The van der Waals surface area contributed by atoms with Gasteiger partial charge in [0.05, 0.1) is 5.69 Å². The average Bonchev–Trinajstić information content (AvgIpc) is 3.27.